The Bertz CT molecular complexity index is 1120. The lowest BCUT2D eigenvalue weighted by molar-refractivity contribution is -0.144. The Morgan fingerprint density at radius 1 is 1.21 bits per heavy atom. The number of anilines is 3. The fourth-order valence-electron chi connectivity index (χ4n) is 4.30. The first-order chi connectivity index (χ1) is 16.5. The van der Waals surface area contributed by atoms with Crippen molar-refractivity contribution < 1.29 is 9.53 Å². The first kappa shape index (κ1) is 24.1. The van der Waals surface area contributed by atoms with Crippen LogP contribution in [0.2, 0.25) is 5.02 Å². The molecule has 1 aliphatic carbocycles. The molecule has 2 aromatic heterocycles. The quantitative estimate of drug-likeness (QED) is 0.431. The molecule has 180 valence electrons. The van der Waals surface area contributed by atoms with Crippen molar-refractivity contribution in [1.29, 1.82) is 0 Å². The van der Waals surface area contributed by atoms with Crippen LogP contribution >= 0.6 is 11.6 Å². The van der Waals surface area contributed by atoms with E-state index in [9.17, 15) is 4.79 Å². The van der Waals surface area contributed by atoms with E-state index in [2.05, 4.69) is 35.5 Å². The number of esters is 1. The maximum Gasteiger partial charge on any atom is 0.320 e. The number of benzene rings is 1. The minimum Gasteiger partial charge on any atom is -0.465 e. The predicted molar refractivity (Wildman–Crippen MR) is 133 cm³/mol. The van der Waals surface area contributed by atoms with Crippen LogP contribution in [-0.4, -0.2) is 63.6 Å². The highest BCUT2D eigenvalue weighted by Crippen LogP contribution is 2.28. The zero-order valence-electron chi connectivity index (χ0n) is 19.5. The number of nitrogens with zero attached hydrogens (tertiary/aromatic N) is 5. The summed E-state index contributed by atoms with van der Waals surface area (Å²) in [6.45, 7) is 3.40. The molecule has 1 aromatic carbocycles. The first-order valence-electron chi connectivity index (χ1n) is 11.6. The van der Waals surface area contributed by atoms with E-state index in [0.29, 0.717) is 52.9 Å². The summed E-state index contributed by atoms with van der Waals surface area (Å²) in [6, 6.07) is 7.85. The third kappa shape index (κ3) is 6.30. The molecular formula is C24H30ClN7O2. The van der Waals surface area contributed by atoms with Crippen molar-refractivity contribution in [2.45, 2.75) is 38.6 Å². The molecule has 0 spiro atoms. The normalized spacial score (nSPS) is 18.1. The standard InChI is InChI=1S/C24H30ClN7O2/c1-3-34-21(33)14-32(2)19-9-7-16(8-10-19)12-26-24-27-13-20-22(31-24)23(29-15-28-20)30-18-6-4-5-17(25)11-18/h4-6,11,13,15-16,19H,3,7-10,12,14H2,1-2H3,(H,26,27,31)(H,28,29,30). The van der Waals surface area contributed by atoms with Crippen LogP contribution in [0, 0.1) is 5.92 Å². The molecule has 2 N–H and O–H groups in total. The molecule has 3 aromatic rings. The zero-order valence-corrected chi connectivity index (χ0v) is 20.3. The second-order valence-electron chi connectivity index (χ2n) is 8.56. The van der Waals surface area contributed by atoms with Crippen molar-refractivity contribution in [2.24, 2.45) is 5.92 Å². The lowest BCUT2D eigenvalue weighted by Gasteiger charge is -2.34. The van der Waals surface area contributed by atoms with Crippen LogP contribution in [0.25, 0.3) is 11.0 Å². The molecule has 0 saturated heterocycles. The Labute approximate surface area is 204 Å². The number of nitrogens with one attached hydrogen (secondary N) is 2. The van der Waals surface area contributed by atoms with E-state index in [4.69, 9.17) is 16.3 Å². The average Bonchev–Trinajstić information content (AvgIpc) is 2.83. The summed E-state index contributed by atoms with van der Waals surface area (Å²) >= 11 is 6.10. The third-order valence-electron chi connectivity index (χ3n) is 6.14. The maximum absolute atomic E-state index is 11.7. The number of hydrogen-bond donors (Lipinski definition) is 2. The number of ether oxygens (including phenoxy) is 1. The summed E-state index contributed by atoms with van der Waals surface area (Å²) < 4.78 is 5.07. The smallest absolute Gasteiger partial charge is 0.320 e. The molecular weight excluding hydrogens is 454 g/mol. The van der Waals surface area contributed by atoms with E-state index in [-0.39, 0.29) is 5.97 Å². The van der Waals surface area contributed by atoms with Crippen LogP contribution in [0.4, 0.5) is 17.5 Å². The van der Waals surface area contributed by atoms with Crippen LogP contribution in [0.1, 0.15) is 32.6 Å². The summed E-state index contributed by atoms with van der Waals surface area (Å²) in [6.07, 6.45) is 7.48. The van der Waals surface area contributed by atoms with Gasteiger partial charge in [0.1, 0.15) is 17.4 Å². The van der Waals surface area contributed by atoms with Crippen molar-refractivity contribution in [1.82, 2.24) is 24.8 Å². The maximum atomic E-state index is 11.7. The monoisotopic (exact) mass is 483 g/mol. The largest absolute Gasteiger partial charge is 0.465 e. The number of aromatic nitrogens is 4. The molecule has 34 heavy (non-hydrogen) atoms. The number of rotatable bonds is 9. The van der Waals surface area contributed by atoms with Gasteiger partial charge in [0.2, 0.25) is 5.95 Å². The molecule has 1 fully saturated rings. The zero-order chi connectivity index (χ0) is 23.9. The Morgan fingerprint density at radius 2 is 2.03 bits per heavy atom. The molecule has 0 radical (unpaired) electrons. The molecule has 0 bridgehead atoms. The van der Waals surface area contributed by atoms with Gasteiger partial charge in [-0.3, -0.25) is 9.69 Å². The Kier molecular flexibility index (Phi) is 8.08. The van der Waals surface area contributed by atoms with E-state index >= 15 is 0 Å². The summed E-state index contributed by atoms with van der Waals surface area (Å²) in [7, 11) is 2.00. The van der Waals surface area contributed by atoms with Crippen LogP contribution in [0.3, 0.4) is 0 Å². The van der Waals surface area contributed by atoms with Crippen molar-refractivity contribution in [2.75, 3.05) is 37.4 Å². The number of hydrogen-bond acceptors (Lipinski definition) is 9. The van der Waals surface area contributed by atoms with Gasteiger partial charge < -0.3 is 15.4 Å². The van der Waals surface area contributed by atoms with E-state index in [0.717, 1.165) is 37.9 Å². The van der Waals surface area contributed by atoms with Gasteiger partial charge in [-0.2, -0.15) is 0 Å². The van der Waals surface area contributed by atoms with Crippen LogP contribution in [0.15, 0.2) is 36.8 Å². The van der Waals surface area contributed by atoms with E-state index < -0.39 is 0 Å². The van der Waals surface area contributed by atoms with Crippen molar-refractivity contribution >= 4 is 46.1 Å². The Balaban J connectivity index is 1.34. The fourth-order valence-corrected chi connectivity index (χ4v) is 4.49. The first-order valence-corrected chi connectivity index (χ1v) is 12.0. The molecule has 0 amide bonds. The van der Waals surface area contributed by atoms with Crippen molar-refractivity contribution in [3.63, 3.8) is 0 Å². The van der Waals surface area contributed by atoms with Crippen LogP contribution in [0.5, 0.6) is 0 Å². The van der Waals surface area contributed by atoms with Crippen molar-refractivity contribution in [3.8, 4) is 0 Å². The molecule has 0 atom stereocenters. The molecule has 0 unspecified atom stereocenters. The molecule has 1 saturated carbocycles. The van der Waals surface area contributed by atoms with Gasteiger partial charge in [0.25, 0.3) is 0 Å². The number of likely N-dealkylation sites (N-methyl/N-ethyl adjacent to an activating group) is 1. The number of fused-ring (bicyclic) bond motifs is 1. The van der Waals surface area contributed by atoms with Gasteiger partial charge in [0, 0.05) is 23.3 Å². The molecule has 4 rings (SSSR count). The highest BCUT2D eigenvalue weighted by molar-refractivity contribution is 6.30. The fraction of sp³-hybridized carbons (Fsp3) is 0.458. The number of carbonyl (C=O) groups is 1. The Morgan fingerprint density at radius 3 is 2.79 bits per heavy atom. The average molecular weight is 484 g/mol. The lowest BCUT2D eigenvalue weighted by Crippen LogP contribution is -2.39. The molecule has 0 aliphatic heterocycles. The van der Waals surface area contributed by atoms with Gasteiger partial charge in [0.15, 0.2) is 5.82 Å². The molecule has 9 nitrogen and oxygen atoms in total. The topological polar surface area (TPSA) is 105 Å². The highest BCUT2D eigenvalue weighted by Gasteiger charge is 2.25. The SMILES string of the molecule is CCOC(=O)CN(C)C1CCC(CNc2ncc3ncnc(Nc4cccc(Cl)c4)c3n2)CC1. The van der Waals surface area contributed by atoms with Crippen LogP contribution < -0.4 is 10.6 Å². The van der Waals surface area contributed by atoms with Crippen molar-refractivity contribution in [3.05, 3.63) is 41.8 Å². The van der Waals surface area contributed by atoms with Gasteiger partial charge in [-0.25, -0.2) is 19.9 Å². The minimum atomic E-state index is -0.157. The Hall–Kier alpha value is -3.04. The van der Waals surface area contributed by atoms with E-state index in [1.807, 2.05) is 38.2 Å². The summed E-state index contributed by atoms with van der Waals surface area (Å²) in [5.41, 5.74) is 2.13. The van der Waals surface area contributed by atoms with Gasteiger partial charge in [-0.05, 0) is 63.8 Å². The van der Waals surface area contributed by atoms with E-state index in [1.165, 1.54) is 6.33 Å². The van der Waals surface area contributed by atoms with E-state index in [1.54, 1.807) is 6.20 Å². The molecule has 2 heterocycles. The highest BCUT2D eigenvalue weighted by atomic mass is 35.5. The number of halogens is 1. The predicted octanol–water partition coefficient (Wildman–Crippen LogP) is 4.28. The number of carbonyl (C=O) groups excluding carboxylic acids is 1. The van der Waals surface area contributed by atoms with Crippen LogP contribution in [-0.2, 0) is 9.53 Å². The van der Waals surface area contributed by atoms with Gasteiger partial charge >= 0.3 is 5.97 Å². The molecule has 10 heteroatoms. The minimum absolute atomic E-state index is 0.157. The third-order valence-corrected chi connectivity index (χ3v) is 6.37. The lowest BCUT2D eigenvalue weighted by atomic mass is 9.85. The van der Waals surface area contributed by atoms with Gasteiger partial charge in [-0.1, -0.05) is 17.7 Å². The second-order valence-corrected chi connectivity index (χ2v) is 9.00. The van der Waals surface area contributed by atoms with Gasteiger partial charge in [0.05, 0.1) is 19.3 Å². The molecule has 1 aliphatic rings. The summed E-state index contributed by atoms with van der Waals surface area (Å²) in [5.74, 6) is 1.53. The van der Waals surface area contributed by atoms with Gasteiger partial charge in [-0.15, -0.1) is 0 Å². The summed E-state index contributed by atoms with van der Waals surface area (Å²) in [5, 5.41) is 7.29. The summed E-state index contributed by atoms with van der Waals surface area (Å²) in [4.78, 5) is 31.6. The second kappa shape index (κ2) is 11.4.